The van der Waals surface area contributed by atoms with Gasteiger partial charge in [0.15, 0.2) is 0 Å². The number of benzene rings is 1. The van der Waals surface area contributed by atoms with Crippen molar-refractivity contribution in [3.8, 4) is 0 Å². The third-order valence-corrected chi connectivity index (χ3v) is 11.3. The van der Waals surface area contributed by atoms with Crippen LogP contribution < -0.4 is 5.73 Å². The number of thioether (sulfide) groups is 1. The van der Waals surface area contributed by atoms with E-state index in [1.165, 1.54) is 44.1 Å². The molecule has 4 bridgehead atoms. The molecule has 0 heterocycles. The first kappa shape index (κ1) is 20.5. The molecule has 7 rings (SSSR count). The first-order valence-corrected chi connectivity index (χ1v) is 13.6. The van der Waals surface area contributed by atoms with Crippen molar-refractivity contribution in [1.82, 2.24) is 0 Å². The summed E-state index contributed by atoms with van der Waals surface area (Å²) in [6.07, 6.45) is 14.1. The molecule has 1 aromatic rings. The lowest BCUT2D eigenvalue weighted by molar-refractivity contribution is -0.129. The fourth-order valence-corrected chi connectivity index (χ4v) is 9.61. The van der Waals surface area contributed by atoms with Gasteiger partial charge in [0.2, 0.25) is 0 Å². The minimum Gasteiger partial charge on any atom is -0.330 e. The second-order valence-electron chi connectivity index (χ2n) is 11.4. The number of amides is 1. The van der Waals surface area contributed by atoms with E-state index in [2.05, 4.69) is 42.1 Å². The van der Waals surface area contributed by atoms with E-state index in [1.807, 2.05) is 6.21 Å². The quantitative estimate of drug-likeness (QED) is 0.610. The highest BCUT2D eigenvalue weighted by Crippen LogP contribution is 2.73. The van der Waals surface area contributed by atoms with Gasteiger partial charge in [-0.1, -0.05) is 30.3 Å². The van der Waals surface area contributed by atoms with Crippen molar-refractivity contribution in [1.29, 1.82) is 0 Å². The molecule has 31 heavy (non-hydrogen) atoms. The second kappa shape index (κ2) is 7.73. The number of rotatable bonds is 6. The lowest BCUT2D eigenvalue weighted by Crippen LogP contribution is -2.38. The van der Waals surface area contributed by atoms with Gasteiger partial charge in [0.05, 0.1) is 5.41 Å². The van der Waals surface area contributed by atoms with Crippen molar-refractivity contribution in [2.75, 3.05) is 6.54 Å². The number of carbonyl (C=O) groups excluding carboxylic acids is 1. The standard InChI is InChI=1S/C27H36N2OS/c28-15-18-6-8-19(9-7-18)16-29-25(30)27-13-20-12-26(17-27,21-4-2-1-3-5-21)14-23(27)24(20)31-22-10-11-22/h1-5,16,18-20,22-24H,6-15,17,28H2/b29-16+. The molecular weight excluding hydrogens is 400 g/mol. The molecule has 6 saturated carbocycles. The predicted octanol–water partition coefficient (Wildman–Crippen LogP) is 5.37. The monoisotopic (exact) mass is 436 g/mol. The van der Waals surface area contributed by atoms with Crippen LogP contribution in [0.3, 0.4) is 0 Å². The highest BCUT2D eigenvalue weighted by Gasteiger charge is 2.71. The number of hydrogen-bond acceptors (Lipinski definition) is 3. The zero-order valence-electron chi connectivity index (χ0n) is 18.5. The molecule has 1 aromatic carbocycles. The van der Waals surface area contributed by atoms with Crippen molar-refractivity contribution < 1.29 is 4.79 Å². The Labute approximate surface area is 191 Å². The van der Waals surface area contributed by atoms with E-state index in [1.54, 1.807) is 0 Å². The zero-order chi connectivity index (χ0) is 21.1. The molecule has 2 N–H and O–H groups in total. The lowest BCUT2D eigenvalue weighted by Gasteiger charge is -2.42. The van der Waals surface area contributed by atoms with Gasteiger partial charge in [0.25, 0.3) is 5.91 Å². The summed E-state index contributed by atoms with van der Waals surface area (Å²) in [4.78, 5) is 18.5. The van der Waals surface area contributed by atoms with Crippen LogP contribution in [0.2, 0.25) is 0 Å². The fourth-order valence-electron chi connectivity index (χ4n) is 7.79. The summed E-state index contributed by atoms with van der Waals surface area (Å²) in [6, 6.07) is 11.1. The van der Waals surface area contributed by atoms with Gasteiger partial charge in [-0.15, -0.1) is 0 Å². The van der Waals surface area contributed by atoms with Crippen molar-refractivity contribution in [2.24, 2.45) is 39.8 Å². The molecule has 4 heteroatoms. The van der Waals surface area contributed by atoms with E-state index in [-0.39, 0.29) is 16.7 Å². The Bertz CT molecular complexity index is 859. The first-order valence-electron chi connectivity index (χ1n) is 12.6. The van der Waals surface area contributed by atoms with Crippen LogP contribution in [0, 0.1) is 29.1 Å². The number of nitrogens with zero attached hydrogens (tertiary/aromatic N) is 1. The lowest BCUT2D eigenvalue weighted by atomic mass is 9.63. The Morgan fingerprint density at radius 1 is 1.06 bits per heavy atom. The summed E-state index contributed by atoms with van der Waals surface area (Å²) in [5, 5.41) is 1.55. The Kier molecular flexibility index (Phi) is 5.10. The molecule has 166 valence electrons. The highest BCUT2D eigenvalue weighted by atomic mass is 32.2. The maximum Gasteiger partial charge on any atom is 0.251 e. The van der Waals surface area contributed by atoms with Crippen LogP contribution in [0.5, 0.6) is 0 Å². The van der Waals surface area contributed by atoms with Gasteiger partial charge in [0.1, 0.15) is 0 Å². The van der Waals surface area contributed by atoms with Gasteiger partial charge < -0.3 is 5.73 Å². The van der Waals surface area contributed by atoms with Crippen molar-refractivity contribution in [2.45, 2.75) is 80.1 Å². The third kappa shape index (κ3) is 3.44. The molecule has 5 unspecified atom stereocenters. The van der Waals surface area contributed by atoms with Crippen LogP contribution in [0.1, 0.15) is 69.8 Å². The van der Waals surface area contributed by atoms with Gasteiger partial charge in [-0.2, -0.15) is 11.8 Å². The molecule has 0 spiro atoms. The van der Waals surface area contributed by atoms with Crippen LogP contribution in [-0.4, -0.2) is 29.2 Å². The fraction of sp³-hybridized carbons (Fsp3) is 0.704. The number of aliphatic imine (C=N–C) groups is 1. The average Bonchev–Trinajstić information content (AvgIpc) is 3.56. The highest BCUT2D eigenvalue weighted by molar-refractivity contribution is 8.00. The Balaban J connectivity index is 1.25. The Hall–Kier alpha value is -1.13. The summed E-state index contributed by atoms with van der Waals surface area (Å²) in [7, 11) is 0. The third-order valence-electron chi connectivity index (χ3n) is 9.43. The molecule has 6 fully saturated rings. The zero-order valence-corrected chi connectivity index (χ0v) is 19.4. The van der Waals surface area contributed by atoms with Crippen LogP contribution in [0.25, 0.3) is 0 Å². The number of carbonyl (C=O) groups is 1. The van der Waals surface area contributed by atoms with E-state index < -0.39 is 0 Å². The Morgan fingerprint density at radius 3 is 2.55 bits per heavy atom. The largest absolute Gasteiger partial charge is 0.330 e. The van der Waals surface area contributed by atoms with E-state index in [0.717, 1.165) is 37.5 Å². The molecule has 0 aromatic heterocycles. The normalized spacial score (nSPS) is 43.7. The van der Waals surface area contributed by atoms with Gasteiger partial charge >= 0.3 is 0 Å². The summed E-state index contributed by atoms with van der Waals surface area (Å²) >= 11 is 2.24. The van der Waals surface area contributed by atoms with Gasteiger partial charge in [-0.3, -0.25) is 4.79 Å². The SMILES string of the molecule is NCC1CCC(/C=N/C(=O)C23CC4CC(c5ccccc5)(CC2C4SC2CC2)C3)CC1. The molecular formula is C27H36N2OS. The van der Waals surface area contributed by atoms with E-state index in [9.17, 15) is 4.79 Å². The molecule has 5 atom stereocenters. The Morgan fingerprint density at radius 2 is 1.84 bits per heavy atom. The summed E-state index contributed by atoms with van der Waals surface area (Å²) in [5.41, 5.74) is 7.33. The van der Waals surface area contributed by atoms with Crippen LogP contribution in [0.15, 0.2) is 35.3 Å². The summed E-state index contributed by atoms with van der Waals surface area (Å²) in [5.74, 6) is 2.58. The number of hydrogen-bond donors (Lipinski definition) is 1. The summed E-state index contributed by atoms with van der Waals surface area (Å²) in [6.45, 7) is 0.802. The molecule has 6 aliphatic carbocycles. The van der Waals surface area contributed by atoms with Crippen molar-refractivity contribution in [3.05, 3.63) is 35.9 Å². The van der Waals surface area contributed by atoms with E-state index in [0.29, 0.717) is 28.9 Å². The molecule has 3 nitrogen and oxygen atoms in total. The maximum atomic E-state index is 13.8. The first-order chi connectivity index (χ1) is 15.1. The molecule has 1 amide bonds. The molecule has 0 saturated heterocycles. The second-order valence-corrected chi connectivity index (χ2v) is 12.8. The maximum absolute atomic E-state index is 13.8. The molecule has 0 radical (unpaired) electrons. The predicted molar refractivity (Wildman–Crippen MR) is 128 cm³/mol. The minimum atomic E-state index is -0.198. The number of nitrogens with two attached hydrogens (primary N) is 1. The van der Waals surface area contributed by atoms with Crippen LogP contribution in [0.4, 0.5) is 0 Å². The summed E-state index contributed by atoms with van der Waals surface area (Å²) < 4.78 is 0. The topological polar surface area (TPSA) is 55.4 Å². The van der Waals surface area contributed by atoms with E-state index in [4.69, 9.17) is 10.7 Å². The van der Waals surface area contributed by atoms with Crippen LogP contribution in [-0.2, 0) is 10.2 Å². The van der Waals surface area contributed by atoms with Crippen molar-refractivity contribution in [3.63, 3.8) is 0 Å². The van der Waals surface area contributed by atoms with Crippen molar-refractivity contribution >= 4 is 23.9 Å². The van der Waals surface area contributed by atoms with Crippen LogP contribution >= 0.6 is 11.8 Å². The molecule has 6 aliphatic rings. The van der Waals surface area contributed by atoms with Gasteiger partial charge in [-0.05, 0) is 105 Å². The minimum absolute atomic E-state index is 0.198. The average molecular weight is 437 g/mol. The van der Waals surface area contributed by atoms with Gasteiger partial charge in [-0.25, -0.2) is 4.99 Å². The molecule has 0 aliphatic heterocycles. The van der Waals surface area contributed by atoms with E-state index >= 15 is 0 Å². The smallest absolute Gasteiger partial charge is 0.251 e. The van der Waals surface area contributed by atoms with Gasteiger partial charge in [0, 0.05) is 16.7 Å².